The standard InChI is InChI=1S/C6H12N4O2.ClH/c7-6(12)10-9-5(11)4-2-1-3-8-4;/h4,8H,1-3H2,(H,9,11)(H3,7,10,12);1H/t4-;/m0./s1. The molecule has 76 valence electrons. The van der Waals surface area contributed by atoms with E-state index in [-0.39, 0.29) is 24.4 Å². The van der Waals surface area contributed by atoms with Gasteiger partial charge in [-0.1, -0.05) is 0 Å². The predicted octanol–water partition coefficient (Wildman–Crippen LogP) is -1.14. The molecule has 1 rings (SSSR count). The monoisotopic (exact) mass is 208 g/mol. The lowest BCUT2D eigenvalue weighted by atomic mass is 10.2. The highest BCUT2D eigenvalue weighted by Crippen LogP contribution is 2.03. The summed E-state index contributed by atoms with van der Waals surface area (Å²) in [6.45, 7) is 0.842. The van der Waals surface area contributed by atoms with Crippen molar-refractivity contribution < 1.29 is 9.59 Å². The highest BCUT2D eigenvalue weighted by Gasteiger charge is 2.21. The maximum Gasteiger partial charge on any atom is 0.330 e. The van der Waals surface area contributed by atoms with E-state index in [1.807, 2.05) is 5.43 Å². The number of carbonyl (C=O) groups is 2. The van der Waals surface area contributed by atoms with Crippen LogP contribution in [0.2, 0.25) is 0 Å². The van der Waals surface area contributed by atoms with Crippen molar-refractivity contribution in [2.75, 3.05) is 6.54 Å². The van der Waals surface area contributed by atoms with Crippen LogP contribution in [0.15, 0.2) is 0 Å². The average molecular weight is 209 g/mol. The summed E-state index contributed by atoms with van der Waals surface area (Å²) in [5.41, 5.74) is 8.97. The molecule has 0 bridgehead atoms. The number of hydrogen-bond donors (Lipinski definition) is 4. The topological polar surface area (TPSA) is 96.2 Å². The molecule has 0 aromatic heterocycles. The second-order valence-corrected chi connectivity index (χ2v) is 2.63. The molecule has 0 aliphatic carbocycles. The quantitative estimate of drug-likeness (QED) is 0.410. The molecule has 1 aliphatic heterocycles. The summed E-state index contributed by atoms with van der Waals surface area (Å²) in [6.07, 6.45) is 1.78. The molecule has 13 heavy (non-hydrogen) atoms. The van der Waals surface area contributed by atoms with Gasteiger partial charge in [0.25, 0.3) is 5.91 Å². The Morgan fingerprint density at radius 1 is 1.38 bits per heavy atom. The second kappa shape index (κ2) is 5.60. The number of halogens is 1. The lowest BCUT2D eigenvalue weighted by Crippen LogP contribution is -2.50. The number of urea groups is 1. The fourth-order valence-corrected chi connectivity index (χ4v) is 1.12. The van der Waals surface area contributed by atoms with Crippen molar-refractivity contribution in [3.63, 3.8) is 0 Å². The smallest absolute Gasteiger partial charge is 0.330 e. The maximum absolute atomic E-state index is 11.1. The van der Waals surface area contributed by atoms with Gasteiger partial charge in [-0.3, -0.25) is 10.2 Å². The first kappa shape index (κ1) is 12.0. The van der Waals surface area contributed by atoms with Crippen LogP contribution < -0.4 is 21.9 Å². The van der Waals surface area contributed by atoms with Crippen LogP contribution in [-0.2, 0) is 4.79 Å². The molecule has 1 saturated heterocycles. The third-order valence-corrected chi connectivity index (χ3v) is 1.69. The lowest BCUT2D eigenvalue weighted by Gasteiger charge is -2.09. The third-order valence-electron chi connectivity index (χ3n) is 1.69. The molecule has 0 unspecified atom stereocenters. The molecule has 1 fully saturated rings. The van der Waals surface area contributed by atoms with Gasteiger partial charge in [-0.25, -0.2) is 10.2 Å². The van der Waals surface area contributed by atoms with Gasteiger partial charge in [-0.15, -0.1) is 12.4 Å². The average Bonchev–Trinajstić information content (AvgIpc) is 2.51. The Balaban J connectivity index is 0.00000144. The van der Waals surface area contributed by atoms with E-state index in [0.29, 0.717) is 0 Å². The minimum atomic E-state index is -0.763. The molecule has 7 heteroatoms. The molecule has 0 aromatic rings. The van der Waals surface area contributed by atoms with E-state index < -0.39 is 6.03 Å². The second-order valence-electron chi connectivity index (χ2n) is 2.63. The molecule has 1 atom stereocenters. The normalized spacial score (nSPS) is 20.2. The summed E-state index contributed by atoms with van der Waals surface area (Å²) >= 11 is 0. The van der Waals surface area contributed by atoms with E-state index in [1.165, 1.54) is 0 Å². The van der Waals surface area contributed by atoms with Crippen LogP contribution in [0.4, 0.5) is 4.79 Å². The van der Waals surface area contributed by atoms with Crippen LogP contribution in [0.3, 0.4) is 0 Å². The van der Waals surface area contributed by atoms with Crippen molar-refractivity contribution in [2.24, 2.45) is 5.73 Å². The minimum Gasteiger partial charge on any atom is -0.350 e. The van der Waals surface area contributed by atoms with E-state index in [2.05, 4.69) is 10.7 Å². The van der Waals surface area contributed by atoms with Gasteiger partial charge in [-0.2, -0.15) is 0 Å². The minimum absolute atomic E-state index is 0. The zero-order valence-corrected chi connectivity index (χ0v) is 7.82. The summed E-state index contributed by atoms with van der Waals surface area (Å²) in [6, 6.07) is -0.960. The van der Waals surface area contributed by atoms with E-state index in [4.69, 9.17) is 5.73 Å². The summed E-state index contributed by atoms with van der Waals surface area (Å²) in [7, 11) is 0. The van der Waals surface area contributed by atoms with Crippen LogP contribution in [0.25, 0.3) is 0 Å². The first-order valence-corrected chi connectivity index (χ1v) is 3.79. The number of hydrogen-bond acceptors (Lipinski definition) is 3. The lowest BCUT2D eigenvalue weighted by molar-refractivity contribution is -0.123. The van der Waals surface area contributed by atoms with Crippen molar-refractivity contribution >= 4 is 24.3 Å². The zero-order chi connectivity index (χ0) is 8.97. The Hall–Kier alpha value is -1.01. The Kier molecular flexibility index (Phi) is 5.17. The molecule has 3 amide bonds. The van der Waals surface area contributed by atoms with Gasteiger partial charge in [0, 0.05) is 0 Å². The molecular formula is C6H13ClN4O2. The fourth-order valence-electron chi connectivity index (χ4n) is 1.12. The number of nitrogens with two attached hydrogens (primary N) is 1. The Bertz CT molecular complexity index is 193. The summed E-state index contributed by atoms with van der Waals surface area (Å²) in [5.74, 6) is -0.244. The maximum atomic E-state index is 11.1. The number of primary amides is 1. The molecule has 0 radical (unpaired) electrons. The number of carbonyl (C=O) groups excluding carboxylic acids is 2. The fraction of sp³-hybridized carbons (Fsp3) is 0.667. The SMILES string of the molecule is Cl.NC(=O)NNC(=O)[C@@H]1CCCN1. The molecule has 0 saturated carbocycles. The number of rotatable bonds is 1. The number of nitrogens with one attached hydrogen (secondary N) is 3. The molecule has 5 N–H and O–H groups in total. The van der Waals surface area contributed by atoms with Crippen LogP contribution in [0.5, 0.6) is 0 Å². The molecule has 1 heterocycles. The van der Waals surface area contributed by atoms with Gasteiger partial charge in [0.2, 0.25) is 0 Å². The third kappa shape index (κ3) is 3.95. The van der Waals surface area contributed by atoms with Gasteiger partial charge < -0.3 is 11.1 Å². The summed E-state index contributed by atoms with van der Waals surface area (Å²) in [4.78, 5) is 21.3. The molecule has 0 aromatic carbocycles. The van der Waals surface area contributed by atoms with Crippen LogP contribution >= 0.6 is 12.4 Å². The van der Waals surface area contributed by atoms with Gasteiger partial charge in [0.05, 0.1) is 6.04 Å². The first-order valence-electron chi connectivity index (χ1n) is 3.79. The van der Waals surface area contributed by atoms with Crippen molar-refractivity contribution in [1.29, 1.82) is 0 Å². The van der Waals surface area contributed by atoms with Gasteiger partial charge in [0.15, 0.2) is 0 Å². The van der Waals surface area contributed by atoms with Crippen LogP contribution in [0, 0.1) is 0 Å². The summed E-state index contributed by atoms with van der Waals surface area (Å²) in [5, 5.41) is 2.98. The van der Waals surface area contributed by atoms with E-state index in [1.54, 1.807) is 0 Å². The Morgan fingerprint density at radius 3 is 2.54 bits per heavy atom. The molecular weight excluding hydrogens is 196 g/mol. The number of hydrazine groups is 1. The van der Waals surface area contributed by atoms with E-state index in [0.717, 1.165) is 19.4 Å². The van der Waals surface area contributed by atoms with Crippen LogP contribution in [0.1, 0.15) is 12.8 Å². The number of amides is 3. The molecule has 0 spiro atoms. The Morgan fingerprint density at radius 2 is 2.08 bits per heavy atom. The highest BCUT2D eigenvalue weighted by atomic mass is 35.5. The van der Waals surface area contributed by atoms with E-state index in [9.17, 15) is 9.59 Å². The van der Waals surface area contributed by atoms with Gasteiger partial charge in [-0.05, 0) is 19.4 Å². The van der Waals surface area contributed by atoms with Crippen molar-refractivity contribution in [2.45, 2.75) is 18.9 Å². The zero-order valence-electron chi connectivity index (χ0n) is 7.00. The molecule has 1 aliphatic rings. The molecule has 6 nitrogen and oxygen atoms in total. The van der Waals surface area contributed by atoms with E-state index >= 15 is 0 Å². The van der Waals surface area contributed by atoms with Crippen molar-refractivity contribution in [1.82, 2.24) is 16.2 Å². The largest absolute Gasteiger partial charge is 0.350 e. The van der Waals surface area contributed by atoms with Gasteiger partial charge >= 0.3 is 6.03 Å². The Labute approximate surface area is 82.0 Å². The van der Waals surface area contributed by atoms with Crippen molar-refractivity contribution in [3.8, 4) is 0 Å². The highest BCUT2D eigenvalue weighted by molar-refractivity contribution is 5.85. The van der Waals surface area contributed by atoms with Crippen LogP contribution in [-0.4, -0.2) is 24.5 Å². The predicted molar refractivity (Wildman–Crippen MR) is 49.1 cm³/mol. The summed E-state index contributed by atoms with van der Waals surface area (Å²) < 4.78 is 0. The van der Waals surface area contributed by atoms with Gasteiger partial charge in [0.1, 0.15) is 0 Å². The first-order chi connectivity index (χ1) is 5.70. The van der Waals surface area contributed by atoms with Crippen molar-refractivity contribution in [3.05, 3.63) is 0 Å².